The van der Waals surface area contributed by atoms with E-state index in [0.717, 1.165) is 44.9 Å². The van der Waals surface area contributed by atoms with Gasteiger partial charge in [0.2, 0.25) is 11.8 Å². The first kappa shape index (κ1) is 20.7. The fourth-order valence-corrected chi connectivity index (χ4v) is 5.95. The number of hydrogen-bond acceptors (Lipinski definition) is 2. The molecule has 0 radical (unpaired) electrons. The van der Waals surface area contributed by atoms with Crippen LogP contribution in [0.25, 0.3) is 0 Å². The van der Waals surface area contributed by atoms with E-state index in [1.165, 1.54) is 25.7 Å². The molecule has 6 atom stereocenters. The lowest BCUT2D eigenvalue weighted by atomic mass is 9.76. The minimum Gasteiger partial charge on any atom is -0.353 e. The molecule has 3 saturated carbocycles. The van der Waals surface area contributed by atoms with E-state index in [1.807, 2.05) is 0 Å². The second kappa shape index (κ2) is 9.43. The number of nitrogens with one attached hydrogen (secondary N) is 2. The van der Waals surface area contributed by atoms with E-state index in [0.29, 0.717) is 17.8 Å². The average Bonchev–Trinajstić information content (AvgIpc) is 2.61. The lowest BCUT2D eigenvalue weighted by molar-refractivity contribution is -0.128. The van der Waals surface area contributed by atoms with Crippen molar-refractivity contribution in [2.24, 2.45) is 29.6 Å². The number of rotatable bonds is 4. The monoisotopic (exact) mass is 376 g/mol. The Morgan fingerprint density at radius 3 is 1.89 bits per heavy atom. The Labute approximate surface area is 165 Å². The third-order valence-electron chi connectivity index (χ3n) is 7.36. The van der Waals surface area contributed by atoms with Gasteiger partial charge in [0.15, 0.2) is 0 Å². The highest BCUT2D eigenvalue weighted by atomic mass is 16.2. The van der Waals surface area contributed by atoms with Gasteiger partial charge in [0, 0.05) is 23.9 Å². The number of hydrogen-bond donors (Lipinski definition) is 2. The smallest absolute Gasteiger partial charge is 0.223 e. The molecular weight excluding hydrogens is 336 g/mol. The molecule has 0 heterocycles. The molecule has 3 aliphatic carbocycles. The van der Waals surface area contributed by atoms with Crippen LogP contribution in [0.15, 0.2) is 0 Å². The summed E-state index contributed by atoms with van der Waals surface area (Å²) in [6.07, 6.45) is 12.1. The molecule has 0 spiro atoms. The van der Waals surface area contributed by atoms with E-state index < -0.39 is 0 Å². The normalized spacial score (nSPS) is 40.2. The summed E-state index contributed by atoms with van der Waals surface area (Å²) in [6, 6.07) is 0.461. The Bertz CT molecular complexity index is 511. The van der Waals surface area contributed by atoms with E-state index >= 15 is 0 Å². The third kappa shape index (κ3) is 5.71. The van der Waals surface area contributed by atoms with Crippen LogP contribution in [0.3, 0.4) is 0 Å². The van der Waals surface area contributed by atoms with Gasteiger partial charge in [0.1, 0.15) is 0 Å². The molecule has 0 aliphatic heterocycles. The number of carbonyl (C=O) groups is 2. The van der Waals surface area contributed by atoms with Gasteiger partial charge in [-0.2, -0.15) is 0 Å². The largest absolute Gasteiger partial charge is 0.353 e. The Hall–Kier alpha value is -1.06. The van der Waals surface area contributed by atoms with Crippen LogP contribution in [0, 0.1) is 29.6 Å². The summed E-state index contributed by atoms with van der Waals surface area (Å²) in [7, 11) is 0. The fraction of sp³-hybridized carbons (Fsp3) is 0.913. The van der Waals surface area contributed by atoms with Crippen LogP contribution < -0.4 is 10.6 Å². The second-order valence-electron chi connectivity index (χ2n) is 10.1. The second-order valence-corrected chi connectivity index (χ2v) is 10.1. The van der Waals surface area contributed by atoms with Crippen molar-refractivity contribution in [3.8, 4) is 0 Å². The molecule has 0 aromatic rings. The zero-order valence-electron chi connectivity index (χ0n) is 17.6. The molecule has 4 heteroatoms. The van der Waals surface area contributed by atoms with Gasteiger partial charge in [-0.25, -0.2) is 0 Å². The predicted molar refractivity (Wildman–Crippen MR) is 109 cm³/mol. The van der Waals surface area contributed by atoms with Gasteiger partial charge in [0.05, 0.1) is 0 Å². The Balaban J connectivity index is 1.47. The number of amides is 2. The van der Waals surface area contributed by atoms with Gasteiger partial charge in [-0.05, 0) is 75.5 Å². The maximum Gasteiger partial charge on any atom is 0.223 e. The first-order valence-electron chi connectivity index (χ1n) is 11.5. The van der Waals surface area contributed by atoms with Gasteiger partial charge in [-0.3, -0.25) is 9.59 Å². The molecule has 3 fully saturated rings. The summed E-state index contributed by atoms with van der Waals surface area (Å²) < 4.78 is 0. The molecule has 154 valence electrons. The molecule has 6 unspecified atom stereocenters. The third-order valence-corrected chi connectivity index (χ3v) is 7.36. The zero-order chi connectivity index (χ0) is 19.4. The summed E-state index contributed by atoms with van der Waals surface area (Å²) in [5, 5.41) is 6.66. The topological polar surface area (TPSA) is 58.2 Å². The molecular formula is C23H40N2O2. The number of carbonyl (C=O) groups excluding carboxylic acids is 2. The highest BCUT2D eigenvalue weighted by Gasteiger charge is 2.33. The van der Waals surface area contributed by atoms with Gasteiger partial charge in [-0.15, -0.1) is 0 Å². The SMILES string of the molecule is CC1CC(C)CC(C(=O)NC2CCCC(NC(=O)C3CCCCC3C)C2)C1. The standard InChI is InChI=1S/C23H40N2O2/c1-15-11-16(2)13-18(12-15)22(26)24-19-8-6-9-20(14-19)25-23(27)21-10-5-4-7-17(21)3/h15-21H,4-14H2,1-3H3,(H,24,26)(H,25,27). The Morgan fingerprint density at radius 2 is 1.26 bits per heavy atom. The van der Waals surface area contributed by atoms with Gasteiger partial charge in [-0.1, -0.05) is 33.6 Å². The van der Waals surface area contributed by atoms with Crippen molar-refractivity contribution < 1.29 is 9.59 Å². The molecule has 3 rings (SSSR count). The van der Waals surface area contributed by atoms with Crippen molar-refractivity contribution in [2.45, 2.75) is 103 Å². The van der Waals surface area contributed by atoms with Crippen LogP contribution in [0.1, 0.15) is 91.4 Å². The van der Waals surface area contributed by atoms with E-state index in [1.54, 1.807) is 0 Å². The molecule has 0 aromatic carbocycles. The minimum atomic E-state index is 0.182. The highest BCUT2D eigenvalue weighted by molar-refractivity contribution is 5.80. The van der Waals surface area contributed by atoms with Crippen molar-refractivity contribution in [1.29, 1.82) is 0 Å². The van der Waals surface area contributed by atoms with E-state index in [4.69, 9.17) is 0 Å². The highest BCUT2D eigenvalue weighted by Crippen LogP contribution is 2.33. The quantitative estimate of drug-likeness (QED) is 0.762. The first-order valence-corrected chi connectivity index (χ1v) is 11.5. The van der Waals surface area contributed by atoms with Gasteiger partial charge >= 0.3 is 0 Å². The van der Waals surface area contributed by atoms with Crippen molar-refractivity contribution in [2.75, 3.05) is 0 Å². The van der Waals surface area contributed by atoms with Crippen LogP contribution in [0.5, 0.6) is 0 Å². The summed E-state index contributed by atoms with van der Waals surface area (Å²) >= 11 is 0. The van der Waals surface area contributed by atoms with Crippen molar-refractivity contribution in [3.05, 3.63) is 0 Å². The van der Waals surface area contributed by atoms with Crippen LogP contribution in [-0.2, 0) is 9.59 Å². The fourth-order valence-electron chi connectivity index (χ4n) is 5.95. The molecule has 0 bridgehead atoms. The van der Waals surface area contributed by atoms with E-state index in [-0.39, 0.29) is 35.7 Å². The van der Waals surface area contributed by atoms with Crippen LogP contribution in [0.4, 0.5) is 0 Å². The predicted octanol–water partition coefficient (Wildman–Crippen LogP) is 4.43. The molecule has 0 saturated heterocycles. The van der Waals surface area contributed by atoms with Crippen molar-refractivity contribution in [3.63, 3.8) is 0 Å². The molecule has 2 amide bonds. The summed E-state index contributed by atoms with van der Waals surface area (Å²) in [5.74, 6) is 2.70. The molecule has 27 heavy (non-hydrogen) atoms. The maximum absolute atomic E-state index is 12.8. The Kier molecular flexibility index (Phi) is 7.22. The van der Waals surface area contributed by atoms with Gasteiger partial charge in [0.25, 0.3) is 0 Å². The van der Waals surface area contributed by atoms with Crippen LogP contribution in [-0.4, -0.2) is 23.9 Å². The van der Waals surface area contributed by atoms with Crippen molar-refractivity contribution >= 4 is 11.8 Å². The van der Waals surface area contributed by atoms with E-state index in [9.17, 15) is 9.59 Å². The maximum atomic E-state index is 12.8. The summed E-state index contributed by atoms with van der Waals surface area (Å²) in [5.41, 5.74) is 0. The average molecular weight is 377 g/mol. The van der Waals surface area contributed by atoms with Gasteiger partial charge < -0.3 is 10.6 Å². The van der Waals surface area contributed by atoms with Crippen LogP contribution >= 0.6 is 0 Å². The van der Waals surface area contributed by atoms with Crippen molar-refractivity contribution in [1.82, 2.24) is 10.6 Å². The minimum absolute atomic E-state index is 0.182. The lowest BCUT2D eigenvalue weighted by Crippen LogP contribution is -2.49. The van der Waals surface area contributed by atoms with Crippen LogP contribution in [0.2, 0.25) is 0 Å². The molecule has 3 aliphatic rings. The lowest BCUT2D eigenvalue weighted by Gasteiger charge is -2.35. The summed E-state index contributed by atoms with van der Waals surface area (Å²) in [4.78, 5) is 25.5. The zero-order valence-corrected chi connectivity index (χ0v) is 17.6. The Morgan fingerprint density at radius 1 is 0.667 bits per heavy atom. The molecule has 0 aromatic heterocycles. The summed E-state index contributed by atoms with van der Waals surface area (Å²) in [6.45, 7) is 6.77. The van der Waals surface area contributed by atoms with E-state index in [2.05, 4.69) is 31.4 Å². The first-order chi connectivity index (χ1) is 12.9. The molecule has 2 N–H and O–H groups in total. The molecule has 4 nitrogen and oxygen atoms in total.